The molecule has 0 saturated heterocycles. The van der Waals surface area contributed by atoms with Gasteiger partial charge < -0.3 is 4.52 Å². The molecule has 1 fully saturated rings. The van der Waals surface area contributed by atoms with Crippen LogP contribution in [0.1, 0.15) is 24.7 Å². The number of thioether (sulfide) groups is 1. The number of nitrogens with zero attached hydrogens (tertiary/aromatic N) is 6. The number of hydrogen-bond donors (Lipinski definition) is 0. The van der Waals surface area contributed by atoms with E-state index in [1.807, 2.05) is 16.8 Å². The van der Waals surface area contributed by atoms with E-state index in [4.69, 9.17) is 16.1 Å². The lowest BCUT2D eigenvalue weighted by atomic mass is 10.2. The van der Waals surface area contributed by atoms with Crippen molar-refractivity contribution in [3.63, 3.8) is 0 Å². The van der Waals surface area contributed by atoms with Gasteiger partial charge >= 0.3 is 0 Å². The Balaban J connectivity index is 1.45. The van der Waals surface area contributed by atoms with Crippen LogP contribution in [0.5, 0.6) is 0 Å². The Hall–Kier alpha value is -1.93. The van der Waals surface area contributed by atoms with Gasteiger partial charge in [-0.15, -0.1) is 5.10 Å². The molecule has 0 N–H and O–H groups in total. The third-order valence-electron chi connectivity index (χ3n) is 3.24. The summed E-state index contributed by atoms with van der Waals surface area (Å²) in [7, 11) is 0. The van der Waals surface area contributed by atoms with Gasteiger partial charge in [0, 0.05) is 10.6 Å². The maximum Gasteiger partial charge on any atom is 0.257 e. The largest absolute Gasteiger partial charge is 0.334 e. The summed E-state index contributed by atoms with van der Waals surface area (Å²) in [6.07, 6.45) is 2.28. The number of benzene rings is 1. The quantitative estimate of drug-likeness (QED) is 0.663. The van der Waals surface area contributed by atoms with Crippen LogP contribution in [-0.2, 0) is 5.75 Å². The van der Waals surface area contributed by atoms with E-state index >= 15 is 0 Å². The molecule has 1 aliphatic carbocycles. The van der Waals surface area contributed by atoms with Crippen LogP contribution in [-0.4, -0.2) is 30.3 Å². The van der Waals surface area contributed by atoms with E-state index in [9.17, 15) is 0 Å². The number of tetrazole rings is 1. The summed E-state index contributed by atoms with van der Waals surface area (Å²) in [6, 6.07) is 7.73. The number of hydrogen-bond acceptors (Lipinski definition) is 7. The summed E-state index contributed by atoms with van der Waals surface area (Å²) >= 11 is 7.37. The predicted molar refractivity (Wildman–Crippen MR) is 80.4 cm³/mol. The predicted octanol–water partition coefficient (Wildman–Crippen LogP) is 3.00. The van der Waals surface area contributed by atoms with Gasteiger partial charge in [0.1, 0.15) is 0 Å². The zero-order valence-corrected chi connectivity index (χ0v) is 13.0. The molecular formula is C13H11ClN6OS. The van der Waals surface area contributed by atoms with Gasteiger partial charge in [-0.2, -0.15) is 4.98 Å². The minimum absolute atomic E-state index is 0.451. The van der Waals surface area contributed by atoms with Crippen molar-refractivity contribution in [1.29, 1.82) is 0 Å². The van der Waals surface area contributed by atoms with E-state index in [0.717, 1.165) is 23.6 Å². The summed E-state index contributed by atoms with van der Waals surface area (Å²) in [4.78, 5) is 4.38. The monoisotopic (exact) mass is 334 g/mol. The van der Waals surface area contributed by atoms with E-state index in [-0.39, 0.29) is 0 Å². The van der Waals surface area contributed by atoms with E-state index in [1.165, 1.54) is 11.8 Å². The van der Waals surface area contributed by atoms with Crippen molar-refractivity contribution in [2.24, 2.45) is 0 Å². The lowest BCUT2D eigenvalue weighted by molar-refractivity contribution is 0.425. The molecule has 0 spiro atoms. The zero-order valence-electron chi connectivity index (χ0n) is 11.4. The lowest BCUT2D eigenvalue weighted by Gasteiger charge is -1.99. The Kier molecular flexibility index (Phi) is 3.55. The molecule has 0 unspecified atom stereocenters. The highest BCUT2D eigenvalue weighted by molar-refractivity contribution is 7.98. The first-order valence-corrected chi connectivity index (χ1v) is 8.15. The second-order valence-electron chi connectivity index (χ2n) is 4.95. The van der Waals surface area contributed by atoms with Crippen LogP contribution in [0.3, 0.4) is 0 Å². The van der Waals surface area contributed by atoms with Gasteiger partial charge in [0.2, 0.25) is 5.16 Å². The third kappa shape index (κ3) is 2.84. The van der Waals surface area contributed by atoms with Crippen molar-refractivity contribution in [2.75, 3.05) is 0 Å². The third-order valence-corrected chi connectivity index (χ3v) is 4.43. The van der Waals surface area contributed by atoms with Crippen LogP contribution < -0.4 is 0 Å². The smallest absolute Gasteiger partial charge is 0.257 e. The van der Waals surface area contributed by atoms with Gasteiger partial charge in [0.25, 0.3) is 5.89 Å². The number of aromatic nitrogens is 6. The molecule has 112 valence electrons. The molecule has 1 aromatic carbocycles. The maximum atomic E-state index is 5.87. The van der Waals surface area contributed by atoms with Crippen LogP contribution in [0.25, 0.3) is 11.5 Å². The van der Waals surface area contributed by atoms with Crippen molar-refractivity contribution < 1.29 is 4.52 Å². The highest BCUT2D eigenvalue weighted by Crippen LogP contribution is 2.36. The van der Waals surface area contributed by atoms with Crippen LogP contribution in [0.4, 0.5) is 0 Å². The SMILES string of the molecule is Clc1ccc(-c2nc(CSc3nnnn3C3CC3)no2)cc1. The van der Waals surface area contributed by atoms with Gasteiger partial charge in [-0.25, -0.2) is 4.68 Å². The first kappa shape index (κ1) is 13.7. The average molecular weight is 335 g/mol. The highest BCUT2D eigenvalue weighted by Gasteiger charge is 2.28. The van der Waals surface area contributed by atoms with Crippen LogP contribution in [0.15, 0.2) is 33.9 Å². The fraction of sp³-hybridized carbons (Fsp3) is 0.308. The van der Waals surface area contributed by atoms with E-state index in [1.54, 1.807) is 12.1 Å². The van der Waals surface area contributed by atoms with Gasteiger partial charge in [-0.1, -0.05) is 28.5 Å². The van der Waals surface area contributed by atoms with E-state index in [0.29, 0.717) is 28.5 Å². The molecule has 1 saturated carbocycles. The van der Waals surface area contributed by atoms with Crippen LogP contribution >= 0.6 is 23.4 Å². The summed E-state index contributed by atoms with van der Waals surface area (Å²) in [5.41, 5.74) is 0.843. The Morgan fingerprint density at radius 1 is 1.27 bits per heavy atom. The molecule has 0 amide bonds. The maximum absolute atomic E-state index is 5.87. The summed E-state index contributed by atoms with van der Waals surface area (Å²) in [5.74, 6) is 1.65. The average Bonchev–Trinajstić information content (AvgIpc) is 3.09. The Morgan fingerprint density at radius 2 is 2.09 bits per heavy atom. The fourth-order valence-electron chi connectivity index (χ4n) is 1.98. The molecular weight excluding hydrogens is 324 g/mol. The fourth-order valence-corrected chi connectivity index (χ4v) is 2.89. The number of rotatable bonds is 5. The Bertz CT molecular complexity index is 782. The molecule has 0 aliphatic heterocycles. The Morgan fingerprint density at radius 3 is 2.86 bits per heavy atom. The Labute approximate surface area is 135 Å². The molecule has 2 aromatic heterocycles. The second-order valence-corrected chi connectivity index (χ2v) is 6.33. The topological polar surface area (TPSA) is 82.5 Å². The van der Waals surface area contributed by atoms with Gasteiger partial charge in [0.15, 0.2) is 5.82 Å². The first-order chi connectivity index (χ1) is 10.8. The molecule has 7 nitrogen and oxygen atoms in total. The van der Waals surface area contributed by atoms with Gasteiger partial charge in [-0.3, -0.25) is 0 Å². The van der Waals surface area contributed by atoms with Crippen molar-refractivity contribution in [2.45, 2.75) is 29.8 Å². The zero-order chi connectivity index (χ0) is 14.9. The minimum atomic E-state index is 0.451. The molecule has 22 heavy (non-hydrogen) atoms. The molecule has 0 radical (unpaired) electrons. The minimum Gasteiger partial charge on any atom is -0.334 e. The molecule has 9 heteroatoms. The molecule has 0 bridgehead atoms. The summed E-state index contributed by atoms with van der Waals surface area (Å²) in [6.45, 7) is 0. The highest BCUT2D eigenvalue weighted by atomic mass is 35.5. The van der Waals surface area contributed by atoms with Crippen molar-refractivity contribution in [1.82, 2.24) is 30.3 Å². The standard InChI is InChI=1S/C13H11ClN6OS/c14-9-3-1-8(2-4-9)12-15-11(17-21-12)7-22-13-16-18-19-20(13)10-5-6-10/h1-4,10H,5-7H2. The second kappa shape index (κ2) is 5.69. The molecule has 0 atom stereocenters. The molecule has 4 rings (SSSR count). The van der Waals surface area contributed by atoms with Crippen molar-refractivity contribution in [3.8, 4) is 11.5 Å². The molecule has 3 aromatic rings. The lowest BCUT2D eigenvalue weighted by Crippen LogP contribution is -1.99. The number of halogens is 1. The van der Waals surface area contributed by atoms with Crippen LogP contribution in [0, 0.1) is 0 Å². The molecule has 2 heterocycles. The van der Waals surface area contributed by atoms with Crippen molar-refractivity contribution >= 4 is 23.4 Å². The first-order valence-electron chi connectivity index (χ1n) is 6.79. The normalized spacial score (nSPS) is 14.4. The van der Waals surface area contributed by atoms with E-state index < -0.39 is 0 Å². The molecule has 1 aliphatic rings. The van der Waals surface area contributed by atoms with Crippen LogP contribution in [0.2, 0.25) is 5.02 Å². The van der Waals surface area contributed by atoms with Gasteiger partial charge in [-0.05, 0) is 47.5 Å². The summed E-state index contributed by atoms with van der Waals surface area (Å²) in [5, 5.41) is 17.2. The van der Waals surface area contributed by atoms with Gasteiger partial charge in [0.05, 0.1) is 11.8 Å². The summed E-state index contributed by atoms with van der Waals surface area (Å²) < 4.78 is 7.14. The van der Waals surface area contributed by atoms with Crippen molar-refractivity contribution in [3.05, 3.63) is 35.1 Å². The van der Waals surface area contributed by atoms with E-state index in [2.05, 4.69) is 25.7 Å².